The molecule has 0 aromatic heterocycles. The number of hydrogen-bond acceptors (Lipinski definition) is 3. The molecule has 120 valence electrons. The molecular weight excluding hydrogens is 258 g/mol. The minimum atomic E-state index is 0.343. The normalized spacial score (nSPS) is 42.7. The molecule has 3 heteroatoms. The highest BCUT2D eigenvalue weighted by Gasteiger charge is 2.49. The van der Waals surface area contributed by atoms with Crippen LogP contribution in [-0.2, 0) is 0 Å². The van der Waals surface area contributed by atoms with Gasteiger partial charge >= 0.3 is 0 Å². The first-order valence-corrected chi connectivity index (χ1v) is 9.53. The highest BCUT2D eigenvalue weighted by molar-refractivity contribution is 5.06. The highest BCUT2D eigenvalue weighted by Crippen LogP contribution is 2.44. The van der Waals surface area contributed by atoms with Crippen molar-refractivity contribution in [2.75, 3.05) is 26.2 Å². The van der Waals surface area contributed by atoms with E-state index in [4.69, 9.17) is 5.73 Å². The Morgan fingerprint density at radius 3 is 2.52 bits per heavy atom. The second-order valence-corrected chi connectivity index (χ2v) is 8.16. The van der Waals surface area contributed by atoms with Crippen molar-refractivity contribution >= 4 is 0 Å². The SMILES string of the molecule is NCC1(N2CCCC2C2CCCC2)CCN2CCCC2C1. The van der Waals surface area contributed by atoms with E-state index >= 15 is 0 Å². The van der Waals surface area contributed by atoms with E-state index in [1.165, 1.54) is 83.8 Å². The molecular formula is C18H33N3. The minimum Gasteiger partial charge on any atom is -0.329 e. The minimum absolute atomic E-state index is 0.343. The van der Waals surface area contributed by atoms with Crippen LogP contribution < -0.4 is 5.73 Å². The van der Waals surface area contributed by atoms with Gasteiger partial charge in [0.15, 0.2) is 0 Å². The average molecular weight is 291 g/mol. The number of nitrogens with zero attached hydrogens (tertiary/aromatic N) is 2. The van der Waals surface area contributed by atoms with E-state index in [2.05, 4.69) is 9.80 Å². The molecule has 21 heavy (non-hydrogen) atoms. The molecule has 3 unspecified atom stereocenters. The number of fused-ring (bicyclic) bond motifs is 1. The van der Waals surface area contributed by atoms with Gasteiger partial charge in [-0.2, -0.15) is 0 Å². The average Bonchev–Trinajstić information content (AvgIpc) is 3.25. The van der Waals surface area contributed by atoms with Crippen molar-refractivity contribution in [1.29, 1.82) is 0 Å². The molecule has 0 amide bonds. The second kappa shape index (κ2) is 5.82. The Hall–Kier alpha value is -0.120. The van der Waals surface area contributed by atoms with Crippen LogP contribution >= 0.6 is 0 Å². The van der Waals surface area contributed by atoms with Crippen molar-refractivity contribution in [2.45, 2.75) is 81.8 Å². The van der Waals surface area contributed by atoms with Gasteiger partial charge in [0.1, 0.15) is 0 Å². The largest absolute Gasteiger partial charge is 0.329 e. The summed E-state index contributed by atoms with van der Waals surface area (Å²) in [7, 11) is 0. The zero-order chi connectivity index (χ0) is 14.3. The van der Waals surface area contributed by atoms with Crippen molar-refractivity contribution in [3.05, 3.63) is 0 Å². The molecule has 0 spiro atoms. The van der Waals surface area contributed by atoms with Gasteiger partial charge in [-0.15, -0.1) is 0 Å². The fraction of sp³-hybridized carbons (Fsp3) is 1.00. The quantitative estimate of drug-likeness (QED) is 0.867. The van der Waals surface area contributed by atoms with Gasteiger partial charge in [-0.3, -0.25) is 4.90 Å². The van der Waals surface area contributed by atoms with E-state index in [9.17, 15) is 0 Å². The van der Waals surface area contributed by atoms with E-state index in [-0.39, 0.29) is 0 Å². The predicted molar refractivity (Wildman–Crippen MR) is 87.3 cm³/mol. The summed E-state index contributed by atoms with van der Waals surface area (Å²) in [6.07, 6.45) is 14.3. The number of piperidine rings is 1. The van der Waals surface area contributed by atoms with Crippen molar-refractivity contribution in [2.24, 2.45) is 11.7 Å². The maximum Gasteiger partial charge on any atom is 0.0361 e. The van der Waals surface area contributed by atoms with E-state index in [1.807, 2.05) is 0 Å². The lowest BCUT2D eigenvalue weighted by molar-refractivity contribution is -0.0111. The molecule has 0 aromatic carbocycles. The van der Waals surface area contributed by atoms with E-state index in [1.54, 1.807) is 0 Å². The third-order valence-corrected chi connectivity index (χ3v) is 7.21. The van der Waals surface area contributed by atoms with E-state index in [0.717, 1.165) is 24.5 Å². The molecule has 0 aromatic rings. The van der Waals surface area contributed by atoms with Crippen molar-refractivity contribution < 1.29 is 0 Å². The predicted octanol–water partition coefficient (Wildman–Crippen LogP) is 2.60. The van der Waals surface area contributed by atoms with Gasteiger partial charge in [0.25, 0.3) is 0 Å². The third-order valence-electron chi connectivity index (χ3n) is 7.21. The van der Waals surface area contributed by atoms with E-state index < -0.39 is 0 Å². The number of rotatable bonds is 3. The summed E-state index contributed by atoms with van der Waals surface area (Å²) in [6, 6.07) is 1.70. The Morgan fingerprint density at radius 1 is 0.905 bits per heavy atom. The Morgan fingerprint density at radius 2 is 1.71 bits per heavy atom. The summed E-state index contributed by atoms with van der Waals surface area (Å²) in [6.45, 7) is 4.86. The molecule has 1 aliphatic carbocycles. The lowest BCUT2D eigenvalue weighted by atomic mass is 9.80. The number of nitrogens with two attached hydrogens (primary N) is 1. The van der Waals surface area contributed by atoms with Gasteiger partial charge in [-0.1, -0.05) is 12.8 Å². The van der Waals surface area contributed by atoms with Gasteiger partial charge in [-0.25, -0.2) is 0 Å². The van der Waals surface area contributed by atoms with Crippen LogP contribution in [0.3, 0.4) is 0 Å². The zero-order valence-electron chi connectivity index (χ0n) is 13.6. The monoisotopic (exact) mass is 291 g/mol. The van der Waals surface area contributed by atoms with Crippen LogP contribution in [0.15, 0.2) is 0 Å². The summed E-state index contributed by atoms with van der Waals surface area (Å²) < 4.78 is 0. The first-order valence-electron chi connectivity index (χ1n) is 9.53. The van der Waals surface area contributed by atoms with Crippen LogP contribution in [0.4, 0.5) is 0 Å². The molecule has 3 saturated heterocycles. The fourth-order valence-corrected chi connectivity index (χ4v) is 6.09. The summed E-state index contributed by atoms with van der Waals surface area (Å²) in [5.41, 5.74) is 6.74. The smallest absolute Gasteiger partial charge is 0.0361 e. The topological polar surface area (TPSA) is 32.5 Å². The van der Waals surface area contributed by atoms with Gasteiger partial charge in [0, 0.05) is 30.7 Å². The molecule has 3 aliphatic heterocycles. The van der Waals surface area contributed by atoms with Crippen LogP contribution in [0.1, 0.15) is 64.2 Å². The van der Waals surface area contributed by atoms with Crippen molar-refractivity contribution in [3.8, 4) is 0 Å². The summed E-state index contributed by atoms with van der Waals surface area (Å²) in [5, 5.41) is 0. The molecule has 4 fully saturated rings. The standard InChI is InChI=1S/C18H33N3/c19-14-18(9-12-20-10-3-7-16(20)13-18)21-11-4-8-17(21)15-5-1-2-6-15/h15-17H,1-14,19H2. The van der Waals surface area contributed by atoms with Crippen LogP contribution in [0.2, 0.25) is 0 Å². The van der Waals surface area contributed by atoms with E-state index in [0.29, 0.717) is 5.54 Å². The maximum atomic E-state index is 6.40. The first-order chi connectivity index (χ1) is 10.3. The number of hydrogen-bond donors (Lipinski definition) is 1. The highest BCUT2D eigenvalue weighted by atomic mass is 15.3. The Bertz CT molecular complexity index is 365. The van der Waals surface area contributed by atoms with Crippen molar-refractivity contribution in [3.63, 3.8) is 0 Å². The molecule has 0 bridgehead atoms. The lowest BCUT2D eigenvalue weighted by Gasteiger charge is -2.52. The lowest BCUT2D eigenvalue weighted by Crippen LogP contribution is -2.62. The van der Waals surface area contributed by atoms with Crippen LogP contribution in [0.25, 0.3) is 0 Å². The summed E-state index contributed by atoms with van der Waals surface area (Å²) >= 11 is 0. The van der Waals surface area contributed by atoms with Crippen LogP contribution in [-0.4, -0.2) is 53.6 Å². The molecule has 3 atom stereocenters. The maximum absolute atomic E-state index is 6.40. The zero-order valence-corrected chi connectivity index (χ0v) is 13.6. The third kappa shape index (κ3) is 2.46. The molecule has 0 radical (unpaired) electrons. The Kier molecular flexibility index (Phi) is 4.01. The summed E-state index contributed by atoms with van der Waals surface area (Å²) in [4.78, 5) is 5.67. The molecule has 3 nitrogen and oxygen atoms in total. The van der Waals surface area contributed by atoms with Crippen LogP contribution in [0, 0.1) is 5.92 Å². The van der Waals surface area contributed by atoms with Gasteiger partial charge in [-0.05, 0) is 70.4 Å². The molecule has 4 aliphatic rings. The van der Waals surface area contributed by atoms with Gasteiger partial charge in [0.05, 0.1) is 0 Å². The van der Waals surface area contributed by atoms with Gasteiger partial charge < -0.3 is 10.6 Å². The second-order valence-electron chi connectivity index (χ2n) is 8.16. The Labute approximate surface area is 130 Å². The Balaban J connectivity index is 1.53. The molecule has 1 saturated carbocycles. The van der Waals surface area contributed by atoms with Crippen LogP contribution in [0.5, 0.6) is 0 Å². The fourth-order valence-electron chi connectivity index (χ4n) is 6.09. The molecule has 3 heterocycles. The number of likely N-dealkylation sites (tertiary alicyclic amines) is 1. The van der Waals surface area contributed by atoms with Crippen molar-refractivity contribution in [1.82, 2.24) is 9.80 Å². The first kappa shape index (κ1) is 14.5. The molecule has 2 N–H and O–H groups in total. The van der Waals surface area contributed by atoms with Gasteiger partial charge in [0.2, 0.25) is 0 Å². The summed E-state index contributed by atoms with van der Waals surface area (Å²) in [5.74, 6) is 0.984. The molecule has 4 rings (SSSR count).